The first-order valence-electron chi connectivity index (χ1n) is 5.52. The Balaban J connectivity index is 2.80. The zero-order chi connectivity index (χ0) is 13.2. The average Bonchev–Trinajstić information content (AvgIpc) is 2.20. The minimum absolute atomic E-state index is 0.0261. The summed E-state index contributed by atoms with van der Waals surface area (Å²) >= 11 is 3.42. The van der Waals surface area contributed by atoms with Gasteiger partial charge in [0.05, 0.1) is 27.5 Å². The lowest BCUT2D eigenvalue weighted by Gasteiger charge is -2.21. The molecule has 1 N–H and O–H groups in total. The standard InChI is InChI=1S/C12H19BrN2OS/c1-8-6-11(14-7-10(8)13)9(2)15-17(16)12(3,4)5/h6-7,9,15H,1-5H3/t9-,17?/m0/s1. The van der Waals surface area contributed by atoms with Gasteiger partial charge in [0, 0.05) is 10.7 Å². The van der Waals surface area contributed by atoms with Gasteiger partial charge in [0.25, 0.3) is 0 Å². The van der Waals surface area contributed by atoms with Crippen molar-refractivity contribution in [3.05, 3.63) is 28.0 Å². The lowest BCUT2D eigenvalue weighted by Crippen LogP contribution is -2.35. The Bertz CT molecular complexity index is 429. The number of nitrogens with zero attached hydrogens (tertiary/aromatic N) is 1. The molecule has 2 atom stereocenters. The minimum atomic E-state index is -1.08. The zero-order valence-electron chi connectivity index (χ0n) is 10.9. The number of nitrogens with one attached hydrogen (secondary N) is 1. The molecule has 0 fully saturated rings. The maximum absolute atomic E-state index is 12.0. The Morgan fingerprint density at radius 2 is 2.06 bits per heavy atom. The summed E-state index contributed by atoms with van der Waals surface area (Å²) in [6.07, 6.45) is 1.78. The molecule has 5 heteroatoms. The van der Waals surface area contributed by atoms with Gasteiger partial charge in [0.2, 0.25) is 0 Å². The maximum Gasteiger partial charge on any atom is 0.0976 e. The van der Waals surface area contributed by atoms with Crippen LogP contribution in [0.25, 0.3) is 0 Å². The maximum atomic E-state index is 12.0. The number of aromatic nitrogens is 1. The minimum Gasteiger partial charge on any atom is -0.258 e. The summed E-state index contributed by atoms with van der Waals surface area (Å²) in [4.78, 5) is 4.33. The second kappa shape index (κ2) is 5.59. The molecule has 0 bridgehead atoms. The largest absolute Gasteiger partial charge is 0.258 e. The van der Waals surface area contributed by atoms with Crippen LogP contribution in [0.3, 0.4) is 0 Å². The van der Waals surface area contributed by atoms with Gasteiger partial charge in [0.1, 0.15) is 0 Å². The third-order valence-corrected chi connectivity index (χ3v) is 4.86. The Kier molecular flexibility index (Phi) is 4.86. The average molecular weight is 319 g/mol. The van der Waals surface area contributed by atoms with Crippen molar-refractivity contribution in [2.75, 3.05) is 0 Å². The molecule has 0 saturated heterocycles. The van der Waals surface area contributed by atoms with E-state index >= 15 is 0 Å². The molecule has 1 rings (SSSR count). The molecule has 0 aromatic carbocycles. The monoisotopic (exact) mass is 318 g/mol. The molecular weight excluding hydrogens is 300 g/mol. The first-order chi connectivity index (χ1) is 7.71. The van der Waals surface area contributed by atoms with Gasteiger partial charge in [-0.25, -0.2) is 8.93 Å². The van der Waals surface area contributed by atoms with Crippen LogP contribution >= 0.6 is 15.9 Å². The number of rotatable bonds is 3. The quantitative estimate of drug-likeness (QED) is 0.929. The second-order valence-corrected chi connectivity index (χ2v) is 7.93. The molecule has 0 aliphatic carbocycles. The van der Waals surface area contributed by atoms with E-state index in [1.165, 1.54) is 0 Å². The molecule has 1 aromatic rings. The first-order valence-corrected chi connectivity index (χ1v) is 7.46. The van der Waals surface area contributed by atoms with Gasteiger partial charge in [0.15, 0.2) is 0 Å². The number of halogens is 1. The normalized spacial score (nSPS) is 15.6. The van der Waals surface area contributed by atoms with E-state index in [0.29, 0.717) is 0 Å². The summed E-state index contributed by atoms with van der Waals surface area (Å²) in [7, 11) is -1.08. The van der Waals surface area contributed by atoms with Crippen LogP contribution in [0.5, 0.6) is 0 Å². The van der Waals surface area contributed by atoms with Crippen LogP contribution in [0, 0.1) is 6.92 Å². The summed E-state index contributed by atoms with van der Waals surface area (Å²) in [5.74, 6) is 0. The molecule has 3 nitrogen and oxygen atoms in total. The molecule has 0 saturated carbocycles. The van der Waals surface area contributed by atoms with E-state index in [9.17, 15) is 4.21 Å². The smallest absolute Gasteiger partial charge is 0.0976 e. The number of aryl methyl sites for hydroxylation is 1. The fourth-order valence-electron chi connectivity index (χ4n) is 1.20. The summed E-state index contributed by atoms with van der Waals surface area (Å²) in [5, 5.41) is 0. The highest BCUT2D eigenvalue weighted by Gasteiger charge is 2.22. The van der Waals surface area contributed by atoms with E-state index in [1.807, 2.05) is 40.7 Å². The van der Waals surface area contributed by atoms with Gasteiger partial charge in [-0.1, -0.05) is 0 Å². The highest BCUT2D eigenvalue weighted by atomic mass is 79.9. The van der Waals surface area contributed by atoms with Crippen LogP contribution in [0.2, 0.25) is 0 Å². The van der Waals surface area contributed by atoms with Crippen LogP contribution in [-0.2, 0) is 11.0 Å². The molecule has 0 amide bonds. The SMILES string of the molecule is Cc1cc([C@H](C)NS(=O)C(C)(C)C)ncc1Br. The third-order valence-electron chi connectivity index (χ3n) is 2.35. The van der Waals surface area contributed by atoms with Gasteiger partial charge >= 0.3 is 0 Å². The summed E-state index contributed by atoms with van der Waals surface area (Å²) in [6.45, 7) is 9.83. The Morgan fingerprint density at radius 1 is 1.47 bits per heavy atom. The van der Waals surface area contributed by atoms with Gasteiger partial charge < -0.3 is 0 Å². The van der Waals surface area contributed by atoms with E-state index in [2.05, 4.69) is 25.6 Å². The molecule has 0 aliphatic heterocycles. The van der Waals surface area contributed by atoms with E-state index in [0.717, 1.165) is 15.7 Å². The van der Waals surface area contributed by atoms with Crippen molar-refractivity contribution in [1.82, 2.24) is 9.71 Å². The van der Waals surface area contributed by atoms with Gasteiger partial charge in [-0.05, 0) is 62.2 Å². The molecule has 0 radical (unpaired) electrons. The Labute approximate surface area is 114 Å². The van der Waals surface area contributed by atoms with Gasteiger partial charge in [-0.2, -0.15) is 0 Å². The van der Waals surface area contributed by atoms with E-state index in [-0.39, 0.29) is 10.8 Å². The highest BCUT2D eigenvalue weighted by Crippen LogP contribution is 2.20. The number of pyridine rings is 1. The van der Waals surface area contributed by atoms with Gasteiger partial charge in [-0.3, -0.25) is 4.98 Å². The van der Waals surface area contributed by atoms with E-state index in [1.54, 1.807) is 6.20 Å². The molecule has 17 heavy (non-hydrogen) atoms. The first kappa shape index (κ1) is 14.8. The van der Waals surface area contributed by atoms with Crippen molar-refractivity contribution in [1.29, 1.82) is 0 Å². The number of hydrogen-bond donors (Lipinski definition) is 1. The second-order valence-electron chi connectivity index (χ2n) is 5.08. The summed E-state index contributed by atoms with van der Waals surface area (Å²) in [5.41, 5.74) is 2.04. The van der Waals surface area contributed by atoms with Crippen LogP contribution in [0.15, 0.2) is 16.7 Å². The van der Waals surface area contributed by atoms with Crippen LogP contribution < -0.4 is 4.72 Å². The molecule has 1 heterocycles. The van der Waals surface area contributed by atoms with Crippen molar-refractivity contribution >= 4 is 26.9 Å². The van der Waals surface area contributed by atoms with Crippen LogP contribution in [0.4, 0.5) is 0 Å². The lowest BCUT2D eigenvalue weighted by atomic mass is 10.2. The predicted octanol–water partition coefficient (Wildman–Crippen LogP) is 3.27. The van der Waals surface area contributed by atoms with Gasteiger partial charge in [-0.15, -0.1) is 0 Å². The third kappa shape index (κ3) is 4.16. The molecule has 96 valence electrons. The Hall–Kier alpha value is -0.260. The highest BCUT2D eigenvalue weighted by molar-refractivity contribution is 9.10. The van der Waals surface area contributed by atoms with E-state index < -0.39 is 11.0 Å². The molecular formula is C12H19BrN2OS. The van der Waals surface area contributed by atoms with Crippen molar-refractivity contribution in [2.45, 2.75) is 45.4 Å². The molecule has 0 aliphatic rings. The zero-order valence-corrected chi connectivity index (χ0v) is 13.3. The summed E-state index contributed by atoms with van der Waals surface area (Å²) in [6, 6.07) is 1.98. The molecule has 0 spiro atoms. The van der Waals surface area contributed by atoms with E-state index in [4.69, 9.17) is 0 Å². The predicted molar refractivity (Wildman–Crippen MR) is 76.1 cm³/mol. The Morgan fingerprint density at radius 3 is 2.53 bits per heavy atom. The summed E-state index contributed by atoms with van der Waals surface area (Å²) < 4.78 is 15.8. The van der Waals surface area contributed by atoms with Crippen LogP contribution in [0.1, 0.15) is 45.0 Å². The fraction of sp³-hybridized carbons (Fsp3) is 0.583. The van der Waals surface area contributed by atoms with Crippen molar-refractivity contribution in [3.8, 4) is 0 Å². The topological polar surface area (TPSA) is 42.0 Å². The van der Waals surface area contributed by atoms with Crippen LogP contribution in [-0.4, -0.2) is 13.9 Å². The van der Waals surface area contributed by atoms with Crippen molar-refractivity contribution in [3.63, 3.8) is 0 Å². The lowest BCUT2D eigenvalue weighted by molar-refractivity contribution is 0.611. The van der Waals surface area contributed by atoms with Crippen molar-refractivity contribution in [2.24, 2.45) is 0 Å². The fourth-order valence-corrected chi connectivity index (χ4v) is 2.21. The molecule has 1 aromatic heterocycles. The number of hydrogen-bond acceptors (Lipinski definition) is 2. The molecule has 1 unspecified atom stereocenters. The van der Waals surface area contributed by atoms with Crippen molar-refractivity contribution < 1.29 is 4.21 Å².